The molecule has 1 rings (SSSR count). The average molecular weight is 283 g/mol. The minimum atomic E-state index is -1.76. The first kappa shape index (κ1) is 13.2. The van der Waals surface area contributed by atoms with E-state index < -0.39 is 9.76 Å². The molecule has 0 unspecified atom stereocenters. The molecule has 0 bridgehead atoms. The quantitative estimate of drug-likeness (QED) is 0.664. The molecule has 1 heterocycles. The number of rotatable bonds is 2. The van der Waals surface area contributed by atoms with E-state index in [1.54, 1.807) is 6.92 Å². The van der Waals surface area contributed by atoms with Gasteiger partial charge in [-0.3, -0.25) is 0 Å². The Morgan fingerprint density at radius 1 is 1.31 bits per heavy atom. The maximum Gasteiger partial charge on any atom is 0.328 e. The molecule has 86 valence electrons. The molecule has 0 fully saturated rings. The molecule has 0 atom stereocenters. The van der Waals surface area contributed by atoms with Crippen molar-refractivity contribution in [3.05, 3.63) is 23.5 Å². The van der Waals surface area contributed by atoms with Gasteiger partial charge in [-0.2, -0.15) is 0 Å². The number of aromatic nitrogens is 3. The zero-order chi connectivity index (χ0) is 12.3. The number of alkyl halides is 3. The molecule has 0 aromatic carbocycles. The lowest BCUT2D eigenvalue weighted by Crippen LogP contribution is -2.11. The van der Waals surface area contributed by atoms with E-state index in [0.717, 1.165) is 6.08 Å². The van der Waals surface area contributed by atoms with Crippen molar-refractivity contribution < 1.29 is 9.90 Å². The number of nitrogens with zero attached hydrogens (tertiary/aromatic N) is 3. The van der Waals surface area contributed by atoms with Crippen LogP contribution in [0.4, 0.5) is 0 Å². The molecule has 0 aliphatic heterocycles. The van der Waals surface area contributed by atoms with Crippen LogP contribution in [0.3, 0.4) is 0 Å². The van der Waals surface area contributed by atoms with E-state index in [9.17, 15) is 4.79 Å². The summed E-state index contributed by atoms with van der Waals surface area (Å²) in [4.78, 5) is 21.8. The van der Waals surface area contributed by atoms with Gasteiger partial charge < -0.3 is 5.11 Å². The van der Waals surface area contributed by atoms with E-state index in [0.29, 0.717) is 5.82 Å². The van der Waals surface area contributed by atoms with Crippen molar-refractivity contribution in [3.63, 3.8) is 0 Å². The van der Waals surface area contributed by atoms with Crippen LogP contribution in [0, 0.1) is 6.92 Å². The third-order valence-electron chi connectivity index (χ3n) is 1.39. The summed E-state index contributed by atoms with van der Waals surface area (Å²) in [5, 5.41) is 8.44. The van der Waals surface area contributed by atoms with Gasteiger partial charge in [-0.05, 0) is 13.0 Å². The normalized spacial score (nSPS) is 12.0. The third-order valence-corrected chi connectivity index (χ3v) is 1.90. The second kappa shape index (κ2) is 4.95. The highest BCUT2D eigenvalue weighted by atomic mass is 35.6. The van der Waals surface area contributed by atoms with E-state index in [4.69, 9.17) is 39.9 Å². The van der Waals surface area contributed by atoms with Gasteiger partial charge >= 0.3 is 5.97 Å². The van der Waals surface area contributed by atoms with Crippen LogP contribution in [0.2, 0.25) is 0 Å². The molecule has 0 aliphatic rings. The second-order valence-corrected chi connectivity index (χ2v) is 5.01. The Bertz CT molecular complexity index is 443. The van der Waals surface area contributed by atoms with E-state index in [2.05, 4.69) is 15.0 Å². The first-order valence-electron chi connectivity index (χ1n) is 4.00. The predicted octanol–water partition coefficient (Wildman–Crippen LogP) is 2.10. The summed E-state index contributed by atoms with van der Waals surface area (Å²) >= 11 is 16.8. The highest BCUT2D eigenvalue weighted by Gasteiger charge is 2.27. The number of hydrogen-bond acceptors (Lipinski definition) is 4. The fraction of sp³-hybridized carbons (Fsp3) is 0.250. The SMILES string of the molecule is Cc1nc(C=CC(=O)O)nc(C(Cl)(Cl)Cl)n1. The summed E-state index contributed by atoms with van der Waals surface area (Å²) < 4.78 is -1.76. The highest BCUT2D eigenvalue weighted by molar-refractivity contribution is 6.66. The molecular formula is C8H6Cl3N3O2. The van der Waals surface area contributed by atoms with E-state index >= 15 is 0 Å². The van der Waals surface area contributed by atoms with Crippen molar-refractivity contribution >= 4 is 46.8 Å². The van der Waals surface area contributed by atoms with Gasteiger partial charge in [-0.1, -0.05) is 34.8 Å². The maximum atomic E-state index is 10.3. The number of halogens is 3. The Morgan fingerprint density at radius 2 is 1.94 bits per heavy atom. The molecule has 5 nitrogen and oxygen atoms in total. The fourth-order valence-corrected chi connectivity index (χ4v) is 1.10. The van der Waals surface area contributed by atoms with Crippen LogP contribution in [-0.2, 0) is 8.59 Å². The van der Waals surface area contributed by atoms with Crippen LogP contribution in [0.5, 0.6) is 0 Å². The maximum absolute atomic E-state index is 10.3. The summed E-state index contributed by atoms with van der Waals surface area (Å²) in [6.07, 6.45) is 2.08. The summed E-state index contributed by atoms with van der Waals surface area (Å²) in [6, 6.07) is 0. The molecule has 0 amide bonds. The summed E-state index contributed by atoms with van der Waals surface area (Å²) in [5.74, 6) is -0.707. The van der Waals surface area contributed by atoms with Crippen molar-refractivity contribution in [2.24, 2.45) is 0 Å². The number of hydrogen-bond donors (Lipinski definition) is 1. The van der Waals surface area contributed by atoms with Crippen LogP contribution in [0.25, 0.3) is 6.08 Å². The van der Waals surface area contributed by atoms with Crippen LogP contribution < -0.4 is 0 Å². The lowest BCUT2D eigenvalue weighted by atomic mass is 10.4. The Balaban J connectivity index is 3.13. The van der Waals surface area contributed by atoms with Gasteiger partial charge in [-0.15, -0.1) is 0 Å². The smallest absolute Gasteiger partial charge is 0.328 e. The third kappa shape index (κ3) is 3.92. The van der Waals surface area contributed by atoms with Gasteiger partial charge in [0.1, 0.15) is 5.82 Å². The lowest BCUT2D eigenvalue weighted by Gasteiger charge is -2.09. The van der Waals surface area contributed by atoms with Gasteiger partial charge in [0, 0.05) is 6.08 Å². The Morgan fingerprint density at radius 3 is 2.44 bits per heavy atom. The summed E-state index contributed by atoms with van der Waals surface area (Å²) in [7, 11) is 0. The zero-order valence-corrected chi connectivity index (χ0v) is 10.3. The van der Waals surface area contributed by atoms with Crippen molar-refractivity contribution in [3.8, 4) is 0 Å². The number of aliphatic carboxylic acids is 1. The second-order valence-electron chi connectivity index (χ2n) is 2.73. The van der Waals surface area contributed by atoms with Crippen molar-refractivity contribution in [1.29, 1.82) is 0 Å². The van der Waals surface area contributed by atoms with Gasteiger partial charge in [0.15, 0.2) is 11.6 Å². The summed E-state index contributed by atoms with van der Waals surface area (Å²) in [5.41, 5.74) is 0. The largest absolute Gasteiger partial charge is 0.478 e. The summed E-state index contributed by atoms with van der Waals surface area (Å²) in [6.45, 7) is 1.58. The molecule has 0 saturated carbocycles. The average Bonchev–Trinajstić information content (AvgIpc) is 2.12. The van der Waals surface area contributed by atoms with Gasteiger partial charge in [0.2, 0.25) is 3.79 Å². The minimum Gasteiger partial charge on any atom is -0.478 e. The molecule has 0 spiro atoms. The number of aryl methyl sites for hydroxylation is 1. The standard InChI is InChI=1S/C8H6Cl3N3O2/c1-4-12-5(2-3-6(15)16)14-7(13-4)8(9,10)11/h2-3H,1H3,(H,15,16). The molecule has 16 heavy (non-hydrogen) atoms. The van der Waals surface area contributed by atoms with Gasteiger partial charge in [0.05, 0.1) is 0 Å². The van der Waals surface area contributed by atoms with Gasteiger partial charge in [0.25, 0.3) is 0 Å². The number of carboxylic acid groups (broad SMARTS) is 1. The molecular weight excluding hydrogens is 276 g/mol. The molecule has 1 aromatic heterocycles. The molecule has 0 aliphatic carbocycles. The predicted molar refractivity (Wildman–Crippen MR) is 60.5 cm³/mol. The van der Waals surface area contributed by atoms with Crippen LogP contribution >= 0.6 is 34.8 Å². The topological polar surface area (TPSA) is 76.0 Å². The first-order chi connectivity index (χ1) is 7.29. The molecule has 0 saturated heterocycles. The molecule has 0 radical (unpaired) electrons. The van der Waals surface area contributed by atoms with Crippen LogP contribution in [-0.4, -0.2) is 26.0 Å². The van der Waals surface area contributed by atoms with Crippen molar-refractivity contribution in [1.82, 2.24) is 15.0 Å². The highest BCUT2D eigenvalue weighted by Crippen LogP contribution is 2.35. The minimum absolute atomic E-state index is 0.0463. The van der Waals surface area contributed by atoms with Crippen molar-refractivity contribution in [2.75, 3.05) is 0 Å². The Labute approximate surface area is 106 Å². The van der Waals surface area contributed by atoms with Crippen LogP contribution in [0.1, 0.15) is 17.5 Å². The first-order valence-corrected chi connectivity index (χ1v) is 5.13. The zero-order valence-electron chi connectivity index (χ0n) is 7.99. The van der Waals surface area contributed by atoms with Crippen LogP contribution in [0.15, 0.2) is 6.08 Å². The molecule has 1 N–H and O–H groups in total. The molecule has 8 heteroatoms. The van der Waals surface area contributed by atoms with Crippen molar-refractivity contribution in [2.45, 2.75) is 10.7 Å². The number of carboxylic acids is 1. The Kier molecular flexibility index (Phi) is 4.07. The molecule has 1 aromatic rings. The number of carbonyl (C=O) groups is 1. The monoisotopic (exact) mass is 281 g/mol. The van der Waals surface area contributed by atoms with E-state index in [1.165, 1.54) is 6.08 Å². The fourth-order valence-electron chi connectivity index (χ4n) is 0.850. The van der Waals surface area contributed by atoms with E-state index in [-0.39, 0.29) is 11.6 Å². The van der Waals surface area contributed by atoms with Gasteiger partial charge in [-0.25, -0.2) is 19.7 Å². The lowest BCUT2D eigenvalue weighted by molar-refractivity contribution is -0.131. The Hall–Kier alpha value is -0.910. The van der Waals surface area contributed by atoms with E-state index in [1.807, 2.05) is 0 Å².